The normalized spacial score (nSPS) is 12.0. The van der Waals surface area contributed by atoms with E-state index in [0.717, 1.165) is 5.56 Å². The fourth-order valence-corrected chi connectivity index (χ4v) is 1.58. The Kier molecular flexibility index (Phi) is 5.32. The quantitative estimate of drug-likeness (QED) is 0.841. The van der Waals surface area contributed by atoms with E-state index in [1.165, 1.54) is 7.05 Å². The molecule has 0 spiro atoms. The molecule has 0 aliphatic heterocycles. The maximum absolute atomic E-state index is 11.5. The minimum atomic E-state index is -0.485. The molecule has 0 fully saturated rings. The van der Waals surface area contributed by atoms with Crippen LogP contribution in [-0.2, 0) is 4.79 Å². The van der Waals surface area contributed by atoms with E-state index in [-0.39, 0.29) is 18.5 Å². The summed E-state index contributed by atoms with van der Waals surface area (Å²) in [5.74, 6) is -0.320. The molecule has 0 aliphatic carbocycles. The third-order valence-electron chi connectivity index (χ3n) is 2.82. The summed E-state index contributed by atoms with van der Waals surface area (Å²) < 4.78 is 0. The second-order valence-corrected chi connectivity index (χ2v) is 4.13. The zero-order chi connectivity index (χ0) is 13.5. The van der Waals surface area contributed by atoms with E-state index in [9.17, 15) is 9.59 Å². The first-order valence-corrected chi connectivity index (χ1v) is 5.81. The van der Waals surface area contributed by atoms with Crippen LogP contribution >= 0.6 is 0 Å². The topological polar surface area (TPSA) is 61.4 Å². The van der Waals surface area contributed by atoms with Crippen LogP contribution in [0.1, 0.15) is 18.5 Å². The standard InChI is InChI=1S/C13H19N3O2/c1-10(11-7-5-4-6-8-11)16(3)9-12(17)15-13(18)14-2/h4-8,10H,9H2,1-3H3,(H2,14,15,17,18). The zero-order valence-electron chi connectivity index (χ0n) is 10.9. The van der Waals surface area contributed by atoms with Crippen LogP contribution in [0.2, 0.25) is 0 Å². The summed E-state index contributed by atoms with van der Waals surface area (Å²) in [7, 11) is 3.32. The van der Waals surface area contributed by atoms with Gasteiger partial charge < -0.3 is 5.32 Å². The van der Waals surface area contributed by atoms with Gasteiger partial charge in [0.2, 0.25) is 5.91 Å². The molecule has 1 aromatic rings. The molecule has 18 heavy (non-hydrogen) atoms. The summed E-state index contributed by atoms with van der Waals surface area (Å²) in [5.41, 5.74) is 1.13. The third-order valence-corrected chi connectivity index (χ3v) is 2.82. The second-order valence-electron chi connectivity index (χ2n) is 4.13. The van der Waals surface area contributed by atoms with Gasteiger partial charge in [-0.2, -0.15) is 0 Å². The monoisotopic (exact) mass is 249 g/mol. The van der Waals surface area contributed by atoms with Crippen molar-refractivity contribution < 1.29 is 9.59 Å². The molecule has 0 bridgehead atoms. The summed E-state index contributed by atoms with van der Waals surface area (Å²) in [6.45, 7) is 2.19. The molecule has 0 radical (unpaired) electrons. The average Bonchev–Trinajstić information content (AvgIpc) is 2.38. The number of nitrogens with zero attached hydrogens (tertiary/aromatic N) is 1. The van der Waals surface area contributed by atoms with Crippen molar-refractivity contribution >= 4 is 11.9 Å². The third kappa shape index (κ3) is 4.18. The van der Waals surface area contributed by atoms with Gasteiger partial charge in [-0.1, -0.05) is 30.3 Å². The molecule has 3 amide bonds. The Balaban J connectivity index is 2.52. The highest BCUT2D eigenvalue weighted by molar-refractivity contribution is 5.95. The first kappa shape index (κ1) is 14.2. The molecule has 0 aromatic heterocycles. The molecule has 2 N–H and O–H groups in total. The lowest BCUT2D eigenvalue weighted by Crippen LogP contribution is -2.43. The summed E-state index contributed by atoms with van der Waals surface area (Å²) in [6, 6.07) is 9.53. The van der Waals surface area contributed by atoms with Gasteiger partial charge in [0.15, 0.2) is 0 Å². The Hall–Kier alpha value is -1.88. The maximum atomic E-state index is 11.5. The van der Waals surface area contributed by atoms with Crippen LogP contribution in [0.3, 0.4) is 0 Å². The van der Waals surface area contributed by atoms with Crippen LogP contribution in [-0.4, -0.2) is 37.5 Å². The van der Waals surface area contributed by atoms with Crippen LogP contribution in [0.25, 0.3) is 0 Å². The number of urea groups is 1. The van der Waals surface area contributed by atoms with Crippen molar-refractivity contribution in [1.82, 2.24) is 15.5 Å². The number of carbonyl (C=O) groups is 2. The number of nitrogens with one attached hydrogen (secondary N) is 2. The average molecular weight is 249 g/mol. The highest BCUT2D eigenvalue weighted by atomic mass is 16.2. The smallest absolute Gasteiger partial charge is 0.321 e. The van der Waals surface area contributed by atoms with E-state index < -0.39 is 6.03 Å². The van der Waals surface area contributed by atoms with E-state index in [0.29, 0.717) is 0 Å². The molecular formula is C13H19N3O2. The minimum absolute atomic E-state index is 0.113. The van der Waals surface area contributed by atoms with Crippen molar-refractivity contribution in [1.29, 1.82) is 0 Å². The summed E-state index contributed by atoms with van der Waals surface area (Å²) in [6.07, 6.45) is 0. The SMILES string of the molecule is CNC(=O)NC(=O)CN(C)C(C)c1ccccc1. The highest BCUT2D eigenvalue weighted by Crippen LogP contribution is 2.17. The van der Waals surface area contributed by atoms with Gasteiger partial charge in [-0.05, 0) is 19.5 Å². The number of hydrogen-bond acceptors (Lipinski definition) is 3. The van der Waals surface area contributed by atoms with Crippen LogP contribution in [0, 0.1) is 0 Å². The van der Waals surface area contributed by atoms with Crippen molar-refractivity contribution in [2.75, 3.05) is 20.6 Å². The Morgan fingerprint density at radius 3 is 2.44 bits per heavy atom. The van der Waals surface area contributed by atoms with E-state index in [4.69, 9.17) is 0 Å². The van der Waals surface area contributed by atoms with Crippen molar-refractivity contribution in [3.63, 3.8) is 0 Å². The number of hydrogen-bond donors (Lipinski definition) is 2. The Morgan fingerprint density at radius 1 is 1.28 bits per heavy atom. The van der Waals surface area contributed by atoms with Gasteiger partial charge in [-0.3, -0.25) is 15.0 Å². The predicted octanol–water partition coefficient (Wildman–Crippen LogP) is 1.13. The lowest BCUT2D eigenvalue weighted by Gasteiger charge is -2.24. The molecule has 0 aliphatic rings. The lowest BCUT2D eigenvalue weighted by molar-refractivity contribution is -0.121. The Bertz CT molecular complexity index is 406. The summed E-state index contributed by atoms with van der Waals surface area (Å²) in [4.78, 5) is 24.4. The number of carbonyl (C=O) groups excluding carboxylic acids is 2. The van der Waals surface area contributed by atoms with Gasteiger partial charge in [-0.25, -0.2) is 4.79 Å². The number of likely N-dealkylation sites (N-methyl/N-ethyl adjacent to an activating group) is 1. The van der Waals surface area contributed by atoms with Gasteiger partial charge in [0.25, 0.3) is 0 Å². The maximum Gasteiger partial charge on any atom is 0.321 e. The molecular weight excluding hydrogens is 230 g/mol. The van der Waals surface area contributed by atoms with Gasteiger partial charge in [0.05, 0.1) is 6.54 Å². The number of rotatable bonds is 4. The Labute approximate surface area is 107 Å². The number of amides is 3. The molecule has 1 unspecified atom stereocenters. The first-order valence-electron chi connectivity index (χ1n) is 5.81. The fraction of sp³-hybridized carbons (Fsp3) is 0.385. The number of benzene rings is 1. The first-order chi connectivity index (χ1) is 8.54. The van der Waals surface area contributed by atoms with Crippen molar-refractivity contribution in [2.45, 2.75) is 13.0 Å². The molecule has 0 heterocycles. The van der Waals surface area contributed by atoms with Crippen LogP contribution in [0.5, 0.6) is 0 Å². The van der Waals surface area contributed by atoms with Crippen molar-refractivity contribution in [2.24, 2.45) is 0 Å². The van der Waals surface area contributed by atoms with Crippen molar-refractivity contribution in [3.05, 3.63) is 35.9 Å². The molecule has 5 nitrogen and oxygen atoms in total. The number of imide groups is 1. The van der Waals surface area contributed by atoms with E-state index >= 15 is 0 Å². The second kappa shape index (κ2) is 6.76. The predicted molar refractivity (Wildman–Crippen MR) is 70.1 cm³/mol. The lowest BCUT2D eigenvalue weighted by atomic mass is 10.1. The van der Waals surface area contributed by atoms with Gasteiger partial charge in [0.1, 0.15) is 0 Å². The summed E-state index contributed by atoms with van der Waals surface area (Å²) >= 11 is 0. The van der Waals surface area contributed by atoms with Gasteiger partial charge in [0, 0.05) is 13.1 Å². The molecule has 0 saturated heterocycles. The van der Waals surface area contributed by atoms with Crippen molar-refractivity contribution in [3.8, 4) is 0 Å². The molecule has 1 aromatic carbocycles. The molecule has 5 heteroatoms. The molecule has 1 rings (SSSR count). The fourth-order valence-electron chi connectivity index (χ4n) is 1.58. The minimum Gasteiger partial charge on any atom is -0.341 e. The molecule has 0 saturated carbocycles. The van der Waals surface area contributed by atoms with Crippen LogP contribution < -0.4 is 10.6 Å². The van der Waals surface area contributed by atoms with Gasteiger partial charge >= 0.3 is 6.03 Å². The van der Waals surface area contributed by atoms with E-state index in [1.807, 2.05) is 49.2 Å². The Morgan fingerprint density at radius 2 is 1.89 bits per heavy atom. The largest absolute Gasteiger partial charge is 0.341 e. The molecule has 1 atom stereocenters. The van der Waals surface area contributed by atoms with Gasteiger partial charge in [-0.15, -0.1) is 0 Å². The van der Waals surface area contributed by atoms with E-state index in [2.05, 4.69) is 10.6 Å². The molecule has 98 valence electrons. The summed E-state index contributed by atoms with van der Waals surface area (Å²) in [5, 5.41) is 4.58. The zero-order valence-corrected chi connectivity index (χ0v) is 10.9. The van der Waals surface area contributed by atoms with E-state index in [1.54, 1.807) is 0 Å². The highest BCUT2D eigenvalue weighted by Gasteiger charge is 2.15. The van der Waals surface area contributed by atoms with Crippen LogP contribution in [0.15, 0.2) is 30.3 Å². The van der Waals surface area contributed by atoms with Crippen LogP contribution in [0.4, 0.5) is 4.79 Å².